The fourth-order valence-electron chi connectivity index (χ4n) is 2.00. The van der Waals surface area contributed by atoms with Gasteiger partial charge in [-0.05, 0) is 24.3 Å². The van der Waals surface area contributed by atoms with Crippen LogP contribution >= 0.6 is 0 Å². The van der Waals surface area contributed by atoms with Crippen molar-refractivity contribution in [2.45, 2.75) is 0 Å². The molecule has 0 radical (unpaired) electrons. The monoisotopic (exact) mass is 313 g/mol. The zero-order valence-corrected chi connectivity index (χ0v) is 12.6. The van der Waals surface area contributed by atoms with Gasteiger partial charge in [-0.3, -0.25) is 14.4 Å². The van der Waals surface area contributed by atoms with Crippen LogP contribution < -0.4 is 10.0 Å². The van der Waals surface area contributed by atoms with Crippen LogP contribution in [0.3, 0.4) is 0 Å². The van der Waals surface area contributed by atoms with E-state index in [9.17, 15) is 13.2 Å². The molecule has 1 aromatic rings. The van der Waals surface area contributed by atoms with Crippen LogP contribution in [0.1, 0.15) is 0 Å². The van der Waals surface area contributed by atoms with Gasteiger partial charge >= 0.3 is 0 Å². The van der Waals surface area contributed by atoms with Crippen molar-refractivity contribution in [3.8, 4) is 0 Å². The van der Waals surface area contributed by atoms with Crippen LogP contribution in [0, 0.1) is 0 Å². The van der Waals surface area contributed by atoms with Crippen LogP contribution in [0.2, 0.25) is 0 Å². The van der Waals surface area contributed by atoms with Gasteiger partial charge in [0.2, 0.25) is 15.9 Å². The van der Waals surface area contributed by atoms with Gasteiger partial charge in [-0.1, -0.05) is 0 Å². The molecular formula is C13H19N3O4S. The predicted molar refractivity (Wildman–Crippen MR) is 80.8 cm³/mol. The molecule has 21 heavy (non-hydrogen) atoms. The van der Waals surface area contributed by atoms with Crippen molar-refractivity contribution in [3.05, 3.63) is 24.3 Å². The molecular weight excluding hydrogens is 294 g/mol. The van der Waals surface area contributed by atoms with Crippen molar-refractivity contribution in [2.24, 2.45) is 0 Å². The lowest BCUT2D eigenvalue weighted by molar-refractivity contribution is -0.118. The molecule has 0 unspecified atom stereocenters. The van der Waals surface area contributed by atoms with E-state index >= 15 is 0 Å². The number of hydrogen-bond donors (Lipinski definition) is 2. The molecule has 7 nitrogen and oxygen atoms in total. The minimum Gasteiger partial charge on any atom is -0.379 e. The number of benzene rings is 1. The number of anilines is 2. The average Bonchev–Trinajstić information content (AvgIpc) is 2.40. The van der Waals surface area contributed by atoms with E-state index in [2.05, 4.69) is 10.0 Å². The number of nitrogens with one attached hydrogen (secondary N) is 2. The highest BCUT2D eigenvalue weighted by molar-refractivity contribution is 7.92. The van der Waals surface area contributed by atoms with E-state index in [0.717, 1.165) is 19.3 Å². The van der Waals surface area contributed by atoms with Crippen molar-refractivity contribution in [1.29, 1.82) is 0 Å². The van der Waals surface area contributed by atoms with Gasteiger partial charge in [0.15, 0.2) is 0 Å². The third kappa shape index (κ3) is 5.70. The summed E-state index contributed by atoms with van der Waals surface area (Å²) in [5.41, 5.74) is 1.09. The standard InChI is InChI=1S/C13H19N3O4S/c1-21(18,19)15-12-4-2-11(3-5-12)14-13(17)10-16-6-8-20-9-7-16/h2-5,15H,6-10H2,1H3,(H,14,17). The number of carbonyl (C=O) groups is 1. The number of nitrogens with zero attached hydrogens (tertiary/aromatic N) is 1. The fourth-order valence-corrected chi connectivity index (χ4v) is 2.56. The van der Waals surface area contributed by atoms with Crippen molar-refractivity contribution in [1.82, 2.24) is 4.90 Å². The number of morpholine rings is 1. The van der Waals surface area contributed by atoms with Crippen LogP contribution in [0.15, 0.2) is 24.3 Å². The summed E-state index contributed by atoms with van der Waals surface area (Å²) in [5, 5.41) is 2.78. The zero-order valence-electron chi connectivity index (χ0n) is 11.8. The second kappa shape index (κ2) is 6.88. The summed E-state index contributed by atoms with van der Waals surface area (Å²) in [5.74, 6) is -0.0966. The van der Waals surface area contributed by atoms with Crippen LogP contribution in [0.25, 0.3) is 0 Å². The number of rotatable bonds is 5. The molecule has 1 heterocycles. The van der Waals surface area contributed by atoms with Crippen LogP contribution in [-0.2, 0) is 19.6 Å². The molecule has 1 amide bonds. The van der Waals surface area contributed by atoms with Crippen LogP contribution in [0.5, 0.6) is 0 Å². The molecule has 0 spiro atoms. The van der Waals surface area contributed by atoms with Crippen molar-refractivity contribution >= 4 is 27.3 Å². The van der Waals surface area contributed by atoms with Gasteiger partial charge in [0.25, 0.3) is 0 Å². The summed E-state index contributed by atoms with van der Waals surface area (Å²) >= 11 is 0. The largest absolute Gasteiger partial charge is 0.379 e. The maximum Gasteiger partial charge on any atom is 0.238 e. The zero-order chi connectivity index (χ0) is 15.3. The first-order valence-corrected chi connectivity index (χ1v) is 8.49. The topological polar surface area (TPSA) is 87.7 Å². The molecule has 116 valence electrons. The summed E-state index contributed by atoms with van der Waals surface area (Å²) in [7, 11) is -3.29. The second-order valence-corrected chi connectivity index (χ2v) is 6.64. The lowest BCUT2D eigenvalue weighted by Gasteiger charge is -2.25. The minimum absolute atomic E-state index is 0.0966. The minimum atomic E-state index is -3.29. The molecule has 1 aliphatic rings. The first-order chi connectivity index (χ1) is 9.92. The van der Waals surface area contributed by atoms with E-state index in [1.165, 1.54) is 0 Å². The SMILES string of the molecule is CS(=O)(=O)Nc1ccc(NC(=O)CN2CCOCC2)cc1. The maximum atomic E-state index is 11.9. The highest BCUT2D eigenvalue weighted by atomic mass is 32.2. The Kier molecular flexibility index (Phi) is 5.16. The molecule has 1 aromatic carbocycles. The van der Waals surface area contributed by atoms with Gasteiger partial charge in [0.1, 0.15) is 0 Å². The van der Waals surface area contributed by atoms with Gasteiger partial charge in [-0.15, -0.1) is 0 Å². The molecule has 0 aromatic heterocycles. The van der Waals surface area contributed by atoms with E-state index < -0.39 is 10.0 Å². The summed E-state index contributed by atoms with van der Waals surface area (Å²) in [6.45, 7) is 3.14. The normalized spacial score (nSPS) is 16.4. The van der Waals surface area contributed by atoms with E-state index in [1.54, 1.807) is 24.3 Å². The average molecular weight is 313 g/mol. The van der Waals surface area contributed by atoms with E-state index in [-0.39, 0.29) is 5.91 Å². The maximum absolute atomic E-state index is 11.9. The Morgan fingerprint density at radius 2 is 1.76 bits per heavy atom. The smallest absolute Gasteiger partial charge is 0.238 e. The van der Waals surface area contributed by atoms with Crippen LogP contribution in [0.4, 0.5) is 11.4 Å². The lowest BCUT2D eigenvalue weighted by Crippen LogP contribution is -2.41. The number of amides is 1. The second-order valence-electron chi connectivity index (χ2n) is 4.89. The quantitative estimate of drug-likeness (QED) is 0.818. The van der Waals surface area contributed by atoms with E-state index in [1.807, 2.05) is 4.90 Å². The number of carbonyl (C=O) groups excluding carboxylic acids is 1. The van der Waals surface area contributed by atoms with Crippen molar-refractivity contribution in [2.75, 3.05) is 49.1 Å². The first kappa shape index (κ1) is 15.7. The Morgan fingerprint density at radius 3 is 2.33 bits per heavy atom. The van der Waals surface area contributed by atoms with Crippen molar-refractivity contribution < 1.29 is 17.9 Å². The molecule has 0 bridgehead atoms. The van der Waals surface area contributed by atoms with E-state index in [4.69, 9.17) is 4.74 Å². The molecule has 2 rings (SSSR count). The Bertz CT molecular complexity index is 580. The molecule has 0 saturated carbocycles. The molecule has 1 aliphatic heterocycles. The molecule has 0 atom stereocenters. The summed E-state index contributed by atoms with van der Waals surface area (Å²) in [4.78, 5) is 13.9. The van der Waals surface area contributed by atoms with Gasteiger partial charge in [-0.2, -0.15) is 0 Å². The molecule has 1 saturated heterocycles. The Balaban J connectivity index is 1.86. The highest BCUT2D eigenvalue weighted by Gasteiger charge is 2.14. The highest BCUT2D eigenvalue weighted by Crippen LogP contribution is 2.14. The molecule has 8 heteroatoms. The third-order valence-corrected chi connectivity index (χ3v) is 3.55. The summed E-state index contributed by atoms with van der Waals surface area (Å²) in [6.07, 6.45) is 1.09. The molecule has 1 fully saturated rings. The lowest BCUT2D eigenvalue weighted by atomic mass is 10.3. The number of hydrogen-bond acceptors (Lipinski definition) is 5. The van der Waals surface area contributed by atoms with E-state index in [0.29, 0.717) is 31.1 Å². The summed E-state index contributed by atoms with van der Waals surface area (Å²) < 4.78 is 29.8. The number of sulfonamides is 1. The molecule has 0 aliphatic carbocycles. The van der Waals surface area contributed by atoms with Crippen molar-refractivity contribution in [3.63, 3.8) is 0 Å². The van der Waals surface area contributed by atoms with Gasteiger partial charge in [0.05, 0.1) is 26.0 Å². The fraction of sp³-hybridized carbons (Fsp3) is 0.462. The molecule has 2 N–H and O–H groups in total. The third-order valence-electron chi connectivity index (χ3n) is 2.94. The number of ether oxygens (including phenoxy) is 1. The van der Waals surface area contributed by atoms with Gasteiger partial charge in [-0.25, -0.2) is 8.42 Å². The summed E-state index contributed by atoms with van der Waals surface area (Å²) in [6, 6.07) is 6.52. The first-order valence-electron chi connectivity index (χ1n) is 6.60. The predicted octanol–water partition coefficient (Wildman–Crippen LogP) is 0.329. The van der Waals surface area contributed by atoms with Gasteiger partial charge < -0.3 is 10.1 Å². The van der Waals surface area contributed by atoms with Gasteiger partial charge in [0, 0.05) is 24.5 Å². The Hall–Kier alpha value is -1.64. The Labute approximate surface area is 124 Å². The Morgan fingerprint density at radius 1 is 1.19 bits per heavy atom. The van der Waals surface area contributed by atoms with Crippen LogP contribution in [-0.4, -0.2) is 58.3 Å².